The molecule has 0 aromatic heterocycles. The Hall–Kier alpha value is -2.61. The summed E-state index contributed by atoms with van der Waals surface area (Å²) in [7, 11) is 0. The van der Waals surface area contributed by atoms with Crippen molar-refractivity contribution in [1.29, 1.82) is 0 Å². The van der Waals surface area contributed by atoms with E-state index in [0.29, 0.717) is 32.7 Å². The highest BCUT2D eigenvalue weighted by Gasteiger charge is 2.35. The first kappa shape index (κ1) is 22.7. The molecular weight excluding hydrogens is 376 g/mol. The van der Waals surface area contributed by atoms with Crippen LogP contribution in [0.1, 0.15) is 32.8 Å². The predicted molar refractivity (Wildman–Crippen MR) is 107 cm³/mol. The van der Waals surface area contributed by atoms with E-state index < -0.39 is 23.7 Å². The number of ether oxygens (including phenoxy) is 2. The van der Waals surface area contributed by atoms with Crippen LogP contribution in [0.3, 0.4) is 0 Å². The molecular formula is C21H30N2O6. The zero-order chi connectivity index (χ0) is 21.4. The first-order valence-corrected chi connectivity index (χ1v) is 9.79. The number of rotatable bonds is 7. The van der Waals surface area contributed by atoms with Crippen molar-refractivity contribution in [3.63, 3.8) is 0 Å². The molecule has 1 heterocycles. The third-order valence-corrected chi connectivity index (χ3v) is 4.51. The number of carboxylic acids is 1. The normalized spacial score (nSPS) is 15.5. The first-order valence-electron chi connectivity index (χ1n) is 9.79. The lowest BCUT2D eigenvalue weighted by Crippen LogP contribution is -2.51. The van der Waals surface area contributed by atoms with Crippen LogP contribution >= 0.6 is 0 Å². The Bertz CT molecular complexity index is 695. The van der Waals surface area contributed by atoms with Crippen LogP contribution in [-0.2, 0) is 25.5 Å². The molecule has 1 aliphatic rings. The van der Waals surface area contributed by atoms with Gasteiger partial charge in [-0.15, -0.1) is 0 Å². The Balaban J connectivity index is 2.17. The molecule has 8 nitrogen and oxygen atoms in total. The van der Waals surface area contributed by atoms with Crippen molar-refractivity contribution in [3.8, 4) is 0 Å². The molecule has 0 saturated carbocycles. The van der Waals surface area contributed by atoms with Gasteiger partial charge in [0.15, 0.2) is 0 Å². The Morgan fingerprint density at radius 1 is 1.17 bits per heavy atom. The molecule has 160 valence electrons. The lowest BCUT2D eigenvalue weighted by atomic mass is 10.1. The van der Waals surface area contributed by atoms with Crippen molar-refractivity contribution < 1.29 is 29.0 Å². The maximum atomic E-state index is 12.8. The zero-order valence-electron chi connectivity index (χ0n) is 17.3. The van der Waals surface area contributed by atoms with Crippen molar-refractivity contribution in [2.45, 2.75) is 45.3 Å². The maximum absolute atomic E-state index is 12.8. The summed E-state index contributed by atoms with van der Waals surface area (Å²) in [5.74, 6) is -1.54. The van der Waals surface area contributed by atoms with Gasteiger partial charge in [0.25, 0.3) is 0 Å². The molecule has 2 rings (SSSR count). The summed E-state index contributed by atoms with van der Waals surface area (Å²) in [6, 6.07) is 8.15. The highest BCUT2D eigenvalue weighted by molar-refractivity contribution is 5.87. The largest absolute Gasteiger partial charge is 0.480 e. The fourth-order valence-corrected chi connectivity index (χ4v) is 3.03. The van der Waals surface area contributed by atoms with Crippen LogP contribution in [0.5, 0.6) is 0 Å². The fraction of sp³-hybridized carbons (Fsp3) is 0.571. The van der Waals surface area contributed by atoms with E-state index in [1.807, 2.05) is 30.3 Å². The van der Waals surface area contributed by atoms with Crippen molar-refractivity contribution in [3.05, 3.63) is 35.9 Å². The van der Waals surface area contributed by atoms with Crippen molar-refractivity contribution in [1.82, 2.24) is 9.80 Å². The molecule has 1 fully saturated rings. The van der Waals surface area contributed by atoms with Crippen LogP contribution in [-0.4, -0.2) is 77.4 Å². The number of aliphatic carboxylic acids is 1. The molecule has 1 aromatic rings. The van der Waals surface area contributed by atoms with E-state index in [1.54, 1.807) is 25.7 Å². The Labute approximate surface area is 171 Å². The van der Waals surface area contributed by atoms with Gasteiger partial charge >= 0.3 is 12.1 Å². The summed E-state index contributed by atoms with van der Waals surface area (Å²) in [5.41, 5.74) is 0.184. The van der Waals surface area contributed by atoms with E-state index in [2.05, 4.69) is 0 Å². The van der Waals surface area contributed by atoms with Gasteiger partial charge in [0, 0.05) is 19.6 Å². The van der Waals surface area contributed by atoms with E-state index >= 15 is 0 Å². The van der Waals surface area contributed by atoms with Crippen LogP contribution in [0.25, 0.3) is 0 Å². The molecule has 1 N–H and O–H groups in total. The van der Waals surface area contributed by atoms with Gasteiger partial charge in [-0.05, 0) is 32.8 Å². The highest BCUT2D eigenvalue weighted by Crippen LogP contribution is 2.16. The van der Waals surface area contributed by atoms with Gasteiger partial charge in [0.1, 0.15) is 11.6 Å². The summed E-state index contributed by atoms with van der Waals surface area (Å²) in [5, 5.41) is 9.79. The predicted octanol–water partition coefficient (Wildman–Crippen LogP) is 2.17. The second kappa shape index (κ2) is 10.2. The topological polar surface area (TPSA) is 96.4 Å². The van der Waals surface area contributed by atoms with Gasteiger partial charge in [0.2, 0.25) is 5.91 Å². The van der Waals surface area contributed by atoms with Gasteiger partial charge in [-0.1, -0.05) is 30.3 Å². The molecule has 8 heteroatoms. The lowest BCUT2D eigenvalue weighted by molar-refractivity contribution is -0.148. The van der Waals surface area contributed by atoms with E-state index in [-0.39, 0.29) is 18.9 Å². The summed E-state index contributed by atoms with van der Waals surface area (Å²) in [6.45, 7) is 6.97. The number of morpholine rings is 1. The average molecular weight is 406 g/mol. The molecule has 2 amide bonds. The quantitative estimate of drug-likeness (QED) is 0.746. The molecule has 0 radical (unpaired) electrons. The van der Waals surface area contributed by atoms with E-state index in [9.17, 15) is 19.5 Å². The number of hydrogen-bond donors (Lipinski definition) is 1. The number of nitrogens with zero attached hydrogens (tertiary/aromatic N) is 2. The maximum Gasteiger partial charge on any atom is 0.411 e. The minimum atomic E-state index is -1.30. The van der Waals surface area contributed by atoms with Crippen molar-refractivity contribution in [2.75, 3.05) is 32.8 Å². The Morgan fingerprint density at radius 2 is 1.79 bits per heavy atom. The van der Waals surface area contributed by atoms with E-state index in [1.165, 1.54) is 0 Å². The number of carboxylic acid groups (broad SMARTS) is 1. The average Bonchev–Trinajstić information content (AvgIpc) is 2.67. The summed E-state index contributed by atoms with van der Waals surface area (Å²) >= 11 is 0. The zero-order valence-corrected chi connectivity index (χ0v) is 17.3. The number of hydrogen-bond acceptors (Lipinski definition) is 5. The molecule has 0 aliphatic carbocycles. The van der Waals surface area contributed by atoms with Crippen LogP contribution in [0.2, 0.25) is 0 Å². The van der Waals surface area contributed by atoms with E-state index in [4.69, 9.17) is 9.47 Å². The Kier molecular flexibility index (Phi) is 8.01. The minimum Gasteiger partial charge on any atom is -0.480 e. The van der Waals surface area contributed by atoms with Crippen molar-refractivity contribution in [2.24, 2.45) is 0 Å². The van der Waals surface area contributed by atoms with Crippen LogP contribution in [0, 0.1) is 0 Å². The lowest BCUT2D eigenvalue weighted by Gasteiger charge is -2.33. The molecule has 1 aromatic carbocycles. The molecule has 0 spiro atoms. The highest BCUT2D eigenvalue weighted by atomic mass is 16.6. The van der Waals surface area contributed by atoms with Crippen LogP contribution in [0.4, 0.5) is 4.79 Å². The fourth-order valence-electron chi connectivity index (χ4n) is 3.03. The molecule has 1 saturated heterocycles. The molecule has 0 bridgehead atoms. The SMILES string of the molecule is CC(C)(C)OC(=O)N(CCc1ccccc1)C(CC(=O)N1CCOCC1)C(=O)O. The number of amides is 2. The number of benzene rings is 1. The standard InChI is InChI=1S/C21H30N2O6/c1-21(2,3)29-20(27)23(10-9-16-7-5-4-6-8-16)17(19(25)26)15-18(24)22-11-13-28-14-12-22/h4-8,17H,9-15H2,1-3H3,(H,25,26). The van der Waals surface area contributed by atoms with Gasteiger partial charge in [0.05, 0.1) is 19.6 Å². The summed E-state index contributed by atoms with van der Waals surface area (Å²) in [6.07, 6.45) is -0.588. The van der Waals surface area contributed by atoms with Gasteiger partial charge in [-0.25, -0.2) is 9.59 Å². The van der Waals surface area contributed by atoms with Gasteiger partial charge in [-0.2, -0.15) is 0 Å². The molecule has 29 heavy (non-hydrogen) atoms. The number of carbonyl (C=O) groups is 3. The van der Waals surface area contributed by atoms with Gasteiger partial charge < -0.3 is 19.5 Å². The van der Waals surface area contributed by atoms with Crippen LogP contribution < -0.4 is 0 Å². The smallest absolute Gasteiger partial charge is 0.411 e. The first-order chi connectivity index (χ1) is 13.7. The summed E-state index contributed by atoms with van der Waals surface area (Å²) < 4.78 is 10.7. The summed E-state index contributed by atoms with van der Waals surface area (Å²) in [4.78, 5) is 40.1. The molecule has 1 aliphatic heterocycles. The monoisotopic (exact) mass is 406 g/mol. The minimum absolute atomic E-state index is 0.131. The second-order valence-electron chi connectivity index (χ2n) is 7.96. The third kappa shape index (κ3) is 7.38. The third-order valence-electron chi connectivity index (χ3n) is 4.51. The molecule has 1 unspecified atom stereocenters. The van der Waals surface area contributed by atoms with Crippen molar-refractivity contribution >= 4 is 18.0 Å². The number of carbonyl (C=O) groups excluding carboxylic acids is 2. The van der Waals surface area contributed by atoms with Gasteiger partial charge in [-0.3, -0.25) is 9.69 Å². The molecule has 1 atom stereocenters. The Morgan fingerprint density at radius 3 is 2.34 bits per heavy atom. The van der Waals surface area contributed by atoms with Crippen LogP contribution in [0.15, 0.2) is 30.3 Å². The second-order valence-corrected chi connectivity index (χ2v) is 7.96. The van der Waals surface area contributed by atoms with E-state index in [0.717, 1.165) is 10.5 Å².